The first kappa shape index (κ1) is 9.97. The van der Waals surface area contributed by atoms with Crippen LogP contribution in [0.25, 0.3) is 5.69 Å². The summed E-state index contributed by atoms with van der Waals surface area (Å²) in [5, 5.41) is 4.51. The number of aromatic nitrogens is 2. The molecule has 0 atom stereocenters. The highest BCUT2D eigenvalue weighted by Gasteiger charge is 2.17. The maximum absolute atomic E-state index is 4.51. The number of para-hydroxylation sites is 1. The van der Waals surface area contributed by atoms with E-state index in [1.54, 1.807) is 0 Å². The third-order valence-electron chi connectivity index (χ3n) is 2.26. The van der Waals surface area contributed by atoms with Crippen molar-refractivity contribution in [1.82, 2.24) is 9.78 Å². The molecule has 0 amide bonds. The van der Waals surface area contributed by atoms with Gasteiger partial charge in [0.15, 0.2) is 0 Å². The number of hydrogen-bond acceptors (Lipinski definition) is 1. The minimum Gasteiger partial charge on any atom is -0.240 e. The molecule has 0 spiro atoms. The monoisotopic (exact) mass is 199 g/mol. The van der Waals surface area contributed by atoms with Gasteiger partial charge in [-0.15, -0.1) is 0 Å². The van der Waals surface area contributed by atoms with Gasteiger partial charge in [-0.2, -0.15) is 5.10 Å². The molecule has 77 valence electrons. The molecule has 0 bridgehead atoms. The van der Waals surface area contributed by atoms with Gasteiger partial charge in [0, 0.05) is 17.7 Å². The summed E-state index contributed by atoms with van der Waals surface area (Å²) in [4.78, 5) is 0. The van der Waals surface area contributed by atoms with Gasteiger partial charge in [-0.05, 0) is 12.1 Å². The standard InChI is InChI=1S/C13H15N2/c1-13(2,3)12-9-10-15(14-12)11-7-5-4-6-8-11/h4-8,10H,1-3H3. The van der Waals surface area contributed by atoms with E-state index in [0.717, 1.165) is 11.4 Å². The molecule has 2 rings (SSSR count). The van der Waals surface area contributed by atoms with E-state index in [-0.39, 0.29) is 5.41 Å². The van der Waals surface area contributed by atoms with E-state index >= 15 is 0 Å². The van der Waals surface area contributed by atoms with Crippen LogP contribution in [0.3, 0.4) is 0 Å². The Hall–Kier alpha value is -1.57. The number of benzene rings is 1. The summed E-state index contributed by atoms with van der Waals surface area (Å²) < 4.78 is 1.86. The molecule has 0 fully saturated rings. The van der Waals surface area contributed by atoms with Crippen LogP contribution in [0.2, 0.25) is 0 Å². The first-order valence-corrected chi connectivity index (χ1v) is 5.10. The molecular formula is C13H15N2. The average Bonchev–Trinajstić information content (AvgIpc) is 2.67. The molecule has 0 saturated heterocycles. The lowest BCUT2D eigenvalue weighted by Crippen LogP contribution is -2.12. The second-order valence-corrected chi connectivity index (χ2v) is 4.65. The summed E-state index contributed by atoms with van der Waals surface area (Å²) in [6.45, 7) is 6.42. The predicted molar refractivity (Wildman–Crippen MR) is 61.1 cm³/mol. The van der Waals surface area contributed by atoms with E-state index in [4.69, 9.17) is 0 Å². The lowest BCUT2D eigenvalue weighted by atomic mass is 9.93. The van der Waals surface area contributed by atoms with Crippen molar-refractivity contribution in [3.8, 4) is 5.69 Å². The highest BCUT2D eigenvalue weighted by atomic mass is 15.3. The van der Waals surface area contributed by atoms with E-state index < -0.39 is 0 Å². The van der Waals surface area contributed by atoms with Gasteiger partial charge < -0.3 is 0 Å². The van der Waals surface area contributed by atoms with E-state index in [2.05, 4.69) is 31.9 Å². The van der Waals surface area contributed by atoms with Crippen LogP contribution in [0.5, 0.6) is 0 Å². The van der Waals surface area contributed by atoms with E-state index in [0.29, 0.717) is 0 Å². The van der Waals surface area contributed by atoms with Crippen molar-refractivity contribution in [2.24, 2.45) is 0 Å². The summed E-state index contributed by atoms with van der Waals surface area (Å²) in [6, 6.07) is 13.3. The Morgan fingerprint density at radius 2 is 1.80 bits per heavy atom. The largest absolute Gasteiger partial charge is 0.240 e. The molecule has 0 aliphatic carbocycles. The van der Waals surface area contributed by atoms with E-state index in [9.17, 15) is 0 Å². The van der Waals surface area contributed by atoms with Crippen LogP contribution < -0.4 is 0 Å². The fourth-order valence-electron chi connectivity index (χ4n) is 1.37. The first-order chi connectivity index (χ1) is 7.07. The lowest BCUT2D eigenvalue weighted by molar-refractivity contribution is 0.559. The molecule has 0 N–H and O–H groups in total. The second kappa shape index (κ2) is 3.54. The number of rotatable bonds is 1. The normalized spacial score (nSPS) is 11.7. The Balaban J connectivity index is 2.37. The van der Waals surface area contributed by atoms with Gasteiger partial charge in [-0.1, -0.05) is 39.0 Å². The molecule has 15 heavy (non-hydrogen) atoms. The molecule has 1 aromatic heterocycles. The molecule has 0 aliphatic heterocycles. The maximum Gasteiger partial charge on any atom is 0.0761 e. The van der Waals surface area contributed by atoms with Gasteiger partial charge in [0.25, 0.3) is 0 Å². The Morgan fingerprint density at radius 3 is 2.33 bits per heavy atom. The first-order valence-electron chi connectivity index (χ1n) is 5.10. The summed E-state index contributed by atoms with van der Waals surface area (Å²) in [7, 11) is 0. The lowest BCUT2D eigenvalue weighted by Gasteiger charge is -2.13. The minimum absolute atomic E-state index is 0.0556. The van der Waals surface area contributed by atoms with E-state index in [1.165, 1.54) is 0 Å². The molecular weight excluding hydrogens is 184 g/mol. The van der Waals surface area contributed by atoms with Gasteiger partial charge in [0.2, 0.25) is 0 Å². The number of nitrogens with zero attached hydrogens (tertiary/aromatic N) is 2. The fraction of sp³-hybridized carbons (Fsp3) is 0.308. The van der Waals surface area contributed by atoms with Crippen LogP contribution in [0.15, 0.2) is 36.5 Å². The molecule has 0 saturated carbocycles. The van der Waals surface area contributed by atoms with Crippen LogP contribution in [0.1, 0.15) is 26.5 Å². The third-order valence-corrected chi connectivity index (χ3v) is 2.26. The molecule has 1 aromatic carbocycles. The van der Waals surface area contributed by atoms with Gasteiger partial charge >= 0.3 is 0 Å². The highest BCUT2D eigenvalue weighted by molar-refractivity contribution is 5.30. The molecule has 0 unspecified atom stereocenters. The molecule has 1 radical (unpaired) electrons. The van der Waals surface area contributed by atoms with Crippen LogP contribution in [0, 0.1) is 6.07 Å². The minimum atomic E-state index is 0.0556. The third kappa shape index (κ3) is 2.09. The van der Waals surface area contributed by atoms with E-state index in [1.807, 2.05) is 41.2 Å². The maximum atomic E-state index is 4.51. The second-order valence-electron chi connectivity index (χ2n) is 4.65. The summed E-state index contributed by atoms with van der Waals surface area (Å²) in [5.41, 5.74) is 2.12. The number of hydrogen-bond donors (Lipinski definition) is 0. The zero-order valence-electron chi connectivity index (χ0n) is 9.36. The Bertz CT molecular complexity index is 435. The van der Waals surface area contributed by atoms with Crippen LogP contribution in [0.4, 0.5) is 0 Å². The van der Waals surface area contributed by atoms with Crippen LogP contribution in [-0.2, 0) is 5.41 Å². The molecule has 2 nitrogen and oxygen atoms in total. The summed E-state index contributed by atoms with van der Waals surface area (Å²) in [6.07, 6.45) is 1.88. The fourth-order valence-corrected chi connectivity index (χ4v) is 1.37. The van der Waals surface area contributed by atoms with Crippen molar-refractivity contribution >= 4 is 0 Å². The average molecular weight is 199 g/mol. The van der Waals surface area contributed by atoms with Crippen molar-refractivity contribution in [3.05, 3.63) is 48.3 Å². The molecule has 2 heteroatoms. The summed E-state index contributed by atoms with van der Waals surface area (Å²) >= 11 is 0. The van der Waals surface area contributed by atoms with Crippen molar-refractivity contribution in [2.45, 2.75) is 26.2 Å². The highest BCUT2D eigenvalue weighted by Crippen LogP contribution is 2.20. The van der Waals surface area contributed by atoms with Gasteiger partial charge in [0.05, 0.1) is 11.4 Å². The van der Waals surface area contributed by atoms with Gasteiger partial charge in [-0.25, -0.2) is 4.68 Å². The van der Waals surface area contributed by atoms with Crippen molar-refractivity contribution in [2.75, 3.05) is 0 Å². The zero-order valence-corrected chi connectivity index (χ0v) is 9.36. The van der Waals surface area contributed by atoms with Crippen molar-refractivity contribution < 1.29 is 0 Å². The van der Waals surface area contributed by atoms with Crippen molar-refractivity contribution in [3.63, 3.8) is 0 Å². The SMILES string of the molecule is CC(C)(C)c1[c]cn(-c2ccccc2)n1. The molecule has 2 aromatic rings. The molecule has 0 aliphatic rings. The quantitative estimate of drug-likeness (QED) is 0.690. The Kier molecular flexibility index (Phi) is 2.35. The van der Waals surface area contributed by atoms with Crippen LogP contribution in [-0.4, -0.2) is 9.78 Å². The summed E-state index contributed by atoms with van der Waals surface area (Å²) in [5.74, 6) is 0. The van der Waals surface area contributed by atoms with Crippen molar-refractivity contribution in [1.29, 1.82) is 0 Å². The molecule has 1 heterocycles. The Morgan fingerprint density at radius 1 is 1.13 bits per heavy atom. The van der Waals surface area contributed by atoms with Gasteiger partial charge in [-0.3, -0.25) is 0 Å². The van der Waals surface area contributed by atoms with Crippen LogP contribution >= 0.6 is 0 Å². The topological polar surface area (TPSA) is 17.8 Å². The predicted octanol–water partition coefficient (Wildman–Crippen LogP) is 2.97. The smallest absolute Gasteiger partial charge is 0.0761 e. The van der Waals surface area contributed by atoms with Gasteiger partial charge in [0.1, 0.15) is 0 Å². The zero-order chi connectivity index (χ0) is 10.9. The Labute approximate surface area is 90.6 Å².